The number of aliphatic hydroxyl groups is 4. The Morgan fingerprint density at radius 1 is 1.17 bits per heavy atom. The molecule has 3 atom stereocenters. The average molecular weight is 371 g/mol. The van der Waals surface area contributed by atoms with Gasteiger partial charge in [0.25, 0.3) is 0 Å². The molecule has 0 fully saturated rings. The normalized spacial score (nSPS) is 19.1. The van der Waals surface area contributed by atoms with Gasteiger partial charge in [0.05, 0.1) is 12.7 Å². The molecule has 0 aromatic heterocycles. The van der Waals surface area contributed by atoms with Crippen LogP contribution in [-0.4, -0.2) is 67.0 Å². The van der Waals surface area contributed by atoms with Gasteiger partial charge in [0.2, 0.25) is 0 Å². The van der Waals surface area contributed by atoms with Crippen molar-refractivity contribution in [3.8, 4) is 0 Å². The van der Waals surface area contributed by atoms with Crippen molar-refractivity contribution in [2.24, 2.45) is 5.41 Å². The molecule has 0 saturated carbocycles. The van der Waals surface area contributed by atoms with Crippen LogP contribution in [0.5, 0.6) is 0 Å². The van der Waals surface area contributed by atoms with Crippen LogP contribution in [0.1, 0.15) is 0 Å². The molecule has 0 aliphatic heterocycles. The van der Waals surface area contributed by atoms with Gasteiger partial charge in [0, 0.05) is 38.0 Å². The van der Waals surface area contributed by atoms with Crippen LogP contribution in [0.25, 0.3) is 0 Å². The molecule has 0 aliphatic carbocycles. The molecule has 0 radical (unpaired) electrons. The van der Waals surface area contributed by atoms with Crippen LogP contribution in [0.3, 0.4) is 0 Å². The quantitative estimate of drug-likeness (QED) is 0.198. The lowest BCUT2D eigenvalue weighted by molar-refractivity contribution is -0.554. The predicted molar refractivity (Wildman–Crippen MR) is 68.7 cm³/mol. The predicted octanol–water partition coefficient (Wildman–Crippen LogP) is -0.475. The standard InChI is InChI=1S/C8H14BrCl2NO6/c9-8(4-14,12(17)18)6(16)5(15)7(1-10,2-11)3-13/h5-6,13-16H,1-4H2. The van der Waals surface area contributed by atoms with E-state index in [9.17, 15) is 25.4 Å². The maximum absolute atomic E-state index is 10.8. The second-order valence-corrected chi connectivity index (χ2v) is 5.82. The summed E-state index contributed by atoms with van der Waals surface area (Å²) in [7, 11) is 0. The molecule has 3 unspecified atom stereocenters. The Bertz CT molecular complexity index is 284. The Balaban J connectivity index is 5.30. The molecule has 108 valence electrons. The summed E-state index contributed by atoms with van der Waals surface area (Å²) in [6.45, 7) is -1.74. The van der Waals surface area contributed by atoms with Gasteiger partial charge in [-0.05, 0) is 0 Å². The van der Waals surface area contributed by atoms with E-state index in [1.807, 2.05) is 0 Å². The molecular formula is C8H14BrCl2NO6. The molecule has 0 rings (SSSR count). The zero-order chi connectivity index (χ0) is 14.6. The number of hydrogen-bond donors (Lipinski definition) is 4. The van der Waals surface area contributed by atoms with Gasteiger partial charge in [-0.15, -0.1) is 23.2 Å². The van der Waals surface area contributed by atoms with Crippen molar-refractivity contribution in [2.45, 2.75) is 16.7 Å². The number of alkyl halides is 3. The molecule has 7 nitrogen and oxygen atoms in total. The van der Waals surface area contributed by atoms with E-state index in [1.54, 1.807) is 0 Å². The smallest absolute Gasteiger partial charge is 0.324 e. The first kappa shape index (κ1) is 18.3. The van der Waals surface area contributed by atoms with Gasteiger partial charge in [-0.25, -0.2) is 0 Å². The molecule has 18 heavy (non-hydrogen) atoms. The Hall–Kier alpha value is 0.300. The fourth-order valence-electron chi connectivity index (χ4n) is 1.21. The highest BCUT2D eigenvalue weighted by Crippen LogP contribution is 2.34. The van der Waals surface area contributed by atoms with Crippen LogP contribution >= 0.6 is 39.1 Å². The van der Waals surface area contributed by atoms with Gasteiger partial charge >= 0.3 is 4.45 Å². The number of rotatable bonds is 8. The van der Waals surface area contributed by atoms with Gasteiger partial charge in [0.1, 0.15) is 6.61 Å². The van der Waals surface area contributed by atoms with Crippen LogP contribution in [0.15, 0.2) is 0 Å². The summed E-state index contributed by atoms with van der Waals surface area (Å²) >= 11 is 13.7. The van der Waals surface area contributed by atoms with Crippen molar-refractivity contribution in [2.75, 3.05) is 25.0 Å². The Morgan fingerprint density at radius 3 is 1.83 bits per heavy atom. The van der Waals surface area contributed by atoms with Gasteiger partial charge in [-0.1, -0.05) is 0 Å². The van der Waals surface area contributed by atoms with Crippen molar-refractivity contribution in [1.82, 2.24) is 0 Å². The number of halogens is 3. The highest BCUT2D eigenvalue weighted by atomic mass is 79.9. The van der Waals surface area contributed by atoms with E-state index in [1.165, 1.54) is 0 Å². The molecule has 4 N–H and O–H groups in total. The minimum Gasteiger partial charge on any atom is -0.396 e. The first-order valence-corrected chi connectivity index (χ1v) is 6.65. The lowest BCUT2D eigenvalue weighted by Crippen LogP contribution is -2.59. The zero-order valence-electron chi connectivity index (χ0n) is 9.17. The van der Waals surface area contributed by atoms with Crippen molar-refractivity contribution in [3.05, 3.63) is 10.1 Å². The zero-order valence-corrected chi connectivity index (χ0v) is 12.3. The SMILES string of the molecule is O=[N+]([O-])C(Br)(CO)C(O)C(O)C(CO)(CCl)CCl. The largest absolute Gasteiger partial charge is 0.396 e. The number of nitrogens with zero attached hydrogens (tertiary/aromatic N) is 1. The molecule has 10 heteroatoms. The molecule has 0 saturated heterocycles. The summed E-state index contributed by atoms with van der Waals surface area (Å²) in [5, 5.41) is 48.7. The van der Waals surface area contributed by atoms with E-state index in [2.05, 4.69) is 15.9 Å². The maximum Gasteiger partial charge on any atom is 0.324 e. The minimum absolute atomic E-state index is 0.322. The van der Waals surface area contributed by atoms with Crippen molar-refractivity contribution in [3.63, 3.8) is 0 Å². The highest BCUT2D eigenvalue weighted by Gasteiger charge is 2.55. The van der Waals surface area contributed by atoms with Gasteiger partial charge in [-0.2, -0.15) is 0 Å². The first-order valence-electron chi connectivity index (χ1n) is 4.79. The molecule has 0 bridgehead atoms. The van der Waals surface area contributed by atoms with E-state index < -0.39 is 40.2 Å². The van der Waals surface area contributed by atoms with Gasteiger partial charge < -0.3 is 20.4 Å². The number of aliphatic hydroxyl groups excluding tert-OH is 4. The number of hydrogen-bond acceptors (Lipinski definition) is 6. The lowest BCUT2D eigenvalue weighted by atomic mass is 9.82. The lowest BCUT2D eigenvalue weighted by Gasteiger charge is -2.37. The fraction of sp³-hybridized carbons (Fsp3) is 1.00. The Morgan fingerprint density at radius 2 is 1.61 bits per heavy atom. The van der Waals surface area contributed by atoms with E-state index in [4.69, 9.17) is 28.3 Å². The average Bonchev–Trinajstić information content (AvgIpc) is 2.39. The monoisotopic (exact) mass is 369 g/mol. The molecule has 0 aliphatic rings. The maximum atomic E-state index is 10.8. The van der Waals surface area contributed by atoms with Gasteiger partial charge in [0.15, 0.2) is 6.10 Å². The molecule has 0 heterocycles. The van der Waals surface area contributed by atoms with E-state index in [-0.39, 0.29) is 11.8 Å². The molecular weight excluding hydrogens is 357 g/mol. The number of nitro groups is 1. The van der Waals surface area contributed by atoms with E-state index >= 15 is 0 Å². The third-order valence-corrected chi connectivity index (χ3v) is 4.83. The van der Waals surface area contributed by atoms with Crippen LogP contribution in [0.2, 0.25) is 0 Å². The van der Waals surface area contributed by atoms with Crippen molar-refractivity contribution < 1.29 is 25.3 Å². The fourth-order valence-corrected chi connectivity index (χ4v) is 2.23. The Kier molecular flexibility index (Phi) is 7.30. The topological polar surface area (TPSA) is 124 Å². The summed E-state index contributed by atoms with van der Waals surface area (Å²) in [6.07, 6.45) is -3.81. The molecule has 0 spiro atoms. The third kappa shape index (κ3) is 3.24. The molecule has 0 amide bonds. The van der Waals surface area contributed by atoms with E-state index in [0.29, 0.717) is 0 Å². The van der Waals surface area contributed by atoms with Crippen LogP contribution in [0.4, 0.5) is 0 Å². The summed E-state index contributed by atoms with van der Waals surface area (Å²) in [6, 6.07) is 0. The second-order valence-electron chi connectivity index (χ2n) is 3.91. The van der Waals surface area contributed by atoms with Crippen LogP contribution in [0, 0.1) is 15.5 Å². The molecule has 0 aromatic carbocycles. The summed E-state index contributed by atoms with van der Waals surface area (Å²) in [4.78, 5) is 9.81. The summed E-state index contributed by atoms with van der Waals surface area (Å²) in [5.41, 5.74) is -1.51. The minimum atomic E-state index is -2.36. The molecule has 0 aromatic rings. The third-order valence-electron chi connectivity index (χ3n) is 2.75. The van der Waals surface area contributed by atoms with Gasteiger partial charge in [-0.3, -0.25) is 10.1 Å². The van der Waals surface area contributed by atoms with Crippen LogP contribution < -0.4 is 0 Å². The first-order chi connectivity index (χ1) is 8.25. The second kappa shape index (κ2) is 7.18. The van der Waals surface area contributed by atoms with Crippen LogP contribution in [-0.2, 0) is 0 Å². The summed E-state index contributed by atoms with van der Waals surface area (Å²) < 4.78 is -2.36. The highest BCUT2D eigenvalue weighted by molar-refractivity contribution is 9.10. The summed E-state index contributed by atoms with van der Waals surface area (Å²) in [5.74, 6) is -0.644. The van der Waals surface area contributed by atoms with Crippen molar-refractivity contribution in [1.29, 1.82) is 0 Å². The van der Waals surface area contributed by atoms with Crippen molar-refractivity contribution >= 4 is 39.1 Å². The Labute approximate surface area is 122 Å². The van der Waals surface area contributed by atoms with E-state index in [0.717, 1.165) is 0 Å².